The number of likely N-dealkylation sites (N-methyl/N-ethyl adjacent to an activating group) is 1. The standard InChI is InChI=1S/C60H106NO7P/c1-6-8-10-12-14-16-18-20-22-24-26-28-29-30-31-32-34-36-38-40-42-44-46-48-50-52-55-65-57-59(58-67-69(63,64)66-56-54-61(3,4)5)68-60(62)53-51-49-47-45-43-41-39-37-35-33-27-25-23-21-19-17-15-13-11-9-7-2/h8,10,14,16,19-22,25-28,30-31,34,36,59H,6-7,9,11-13,15,17-18,23-24,29,32-33,35,37-58H2,1-5H3/p+1/b10-8-,16-14-,21-19-,22-20-,27-25-,28-26-,31-30-,36-34-. The van der Waals surface area contributed by atoms with Gasteiger partial charge < -0.3 is 18.9 Å². The van der Waals surface area contributed by atoms with Gasteiger partial charge in [0.15, 0.2) is 0 Å². The average Bonchev–Trinajstić information content (AvgIpc) is 3.31. The Bertz CT molecular complexity index is 1420. The van der Waals surface area contributed by atoms with E-state index in [1.165, 1.54) is 116 Å². The molecule has 69 heavy (non-hydrogen) atoms. The Labute approximate surface area is 426 Å². The maximum atomic E-state index is 12.8. The van der Waals surface area contributed by atoms with E-state index < -0.39 is 13.9 Å². The van der Waals surface area contributed by atoms with Gasteiger partial charge in [0.25, 0.3) is 0 Å². The first-order valence-electron chi connectivity index (χ1n) is 28.0. The van der Waals surface area contributed by atoms with Crippen LogP contribution < -0.4 is 0 Å². The zero-order valence-corrected chi connectivity index (χ0v) is 46.2. The molecule has 1 N–H and O–H groups in total. The van der Waals surface area contributed by atoms with Gasteiger partial charge in [0.05, 0.1) is 34.4 Å². The lowest BCUT2D eigenvalue weighted by Crippen LogP contribution is -2.37. The molecule has 0 aromatic heterocycles. The SMILES string of the molecule is CC/C=C\C/C=C\C/C=C\C/C=C\C/C=C\C/C=C\CCCCCCCCCOCC(COP(=O)(O)OCC[N+](C)(C)C)OC(=O)CCCCCCCCCCC/C=C\C/C=C\CCCCCCC. The molecule has 0 saturated carbocycles. The summed E-state index contributed by atoms with van der Waals surface area (Å²) in [6.07, 6.45) is 71.7. The van der Waals surface area contributed by atoms with E-state index in [9.17, 15) is 14.3 Å². The first-order chi connectivity index (χ1) is 33.6. The molecule has 0 aromatic rings. The van der Waals surface area contributed by atoms with Crippen molar-refractivity contribution in [2.75, 3.05) is 54.1 Å². The van der Waals surface area contributed by atoms with Crippen molar-refractivity contribution in [3.05, 3.63) is 97.2 Å². The number of esters is 1. The van der Waals surface area contributed by atoms with Crippen molar-refractivity contribution in [2.45, 2.75) is 225 Å². The van der Waals surface area contributed by atoms with E-state index in [-0.39, 0.29) is 25.8 Å². The number of allylic oxidation sites excluding steroid dienone is 16. The number of nitrogens with zero attached hydrogens (tertiary/aromatic N) is 1. The summed E-state index contributed by atoms with van der Waals surface area (Å²) in [4.78, 5) is 23.1. The van der Waals surface area contributed by atoms with Gasteiger partial charge in [-0.15, -0.1) is 0 Å². The van der Waals surface area contributed by atoms with Gasteiger partial charge in [-0.05, 0) is 96.3 Å². The van der Waals surface area contributed by atoms with Crippen LogP contribution in [-0.4, -0.2) is 75.6 Å². The third-order valence-corrected chi connectivity index (χ3v) is 12.6. The van der Waals surface area contributed by atoms with E-state index in [4.69, 9.17) is 18.5 Å². The zero-order chi connectivity index (χ0) is 50.5. The third kappa shape index (κ3) is 56.2. The summed E-state index contributed by atoms with van der Waals surface area (Å²) in [6.45, 7) is 5.46. The minimum absolute atomic E-state index is 0.0803. The number of hydrogen-bond acceptors (Lipinski definition) is 6. The molecule has 0 heterocycles. The normalized spacial score (nSPS) is 14.2. The second kappa shape index (κ2) is 51.8. The van der Waals surface area contributed by atoms with Crippen molar-refractivity contribution in [1.82, 2.24) is 0 Å². The summed E-state index contributed by atoms with van der Waals surface area (Å²) >= 11 is 0. The van der Waals surface area contributed by atoms with Gasteiger partial charge in [-0.3, -0.25) is 13.8 Å². The molecule has 0 rings (SSSR count). The summed E-state index contributed by atoms with van der Waals surface area (Å²) in [5.41, 5.74) is 0. The Morgan fingerprint density at radius 1 is 0.464 bits per heavy atom. The van der Waals surface area contributed by atoms with Gasteiger partial charge in [0.1, 0.15) is 19.3 Å². The van der Waals surface area contributed by atoms with Crippen LogP contribution in [0.4, 0.5) is 0 Å². The van der Waals surface area contributed by atoms with Crippen LogP contribution in [0.25, 0.3) is 0 Å². The van der Waals surface area contributed by atoms with Gasteiger partial charge in [0, 0.05) is 13.0 Å². The summed E-state index contributed by atoms with van der Waals surface area (Å²) in [7, 11) is 1.65. The highest BCUT2D eigenvalue weighted by Crippen LogP contribution is 2.43. The Hall–Kier alpha value is -2.58. The molecule has 398 valence electrons. The van der Waals surface area contributed by atoms with E-state index in [0.717, 1.165) is 83.5 Å². The Morgan fingerprint density at radius 2 is 0.841 bits per heavy atom. The number of carbonyl (C=O) groups is 1. The molecule has 0 spiro atoms. The van der Waals surface area contributed by atoms with Crippen molar-refractivity contribution < 1.29 is 37.3 Å². The van der Waals surface area contributed by atoms with Gasteiger partial charge in [0.2, 0.25) is 0 Å². The number of phosphoric acid groups is 1. The van der Waals surface area contributed by atoms with E-state index >= 15 is 0 Å². The second-order valence-electron chi connectivity index (χ2n) is 19.6. The number of carbonyl (C=O) groups excluding carboxylic acids is 1. The minimum atomic E-state index is -4.30. The molecule has 0 amide bonds. The Kier molecular flexibility index (Phi) is 49.8. The van der Waals surface area contributed by atoms with Crippen molar-refractivity contribution in [1.29, 1.82) is 0 Å². The zero-order valence-electron chi connectivity index (χ0n) is 45.3. The largest absolute Gasteiger partial charge is 0.472 e. The molecular formula is C60H107NO7P+. The van der Waals surface area contributed by atoms with Crippen LogP contribution in [0.5, 0.6) is 0 Å². The third-order valence-electron chi connectivity index (χ3n) is 11.6. The van der Waals surface area contributed by atoms with Crippen LogP contribution in [-0.2, 0) is 27.9 Å². The Morgan fingerprint density at radius 3 is 1.26 bits per heavy atom. The van der Waals surface area contributed by atoms with E-state index in [1.807, 2.05) is 21.1 Å². The molecule has 0 aliphatic rings. The molecule has 0 aliphatic heterocycles. The molecular weight excluding hydrogens is 878 g/mol. The van der Waals surface area contributed by atoms with E-state index in [2.05, 4.69) is 111 Å². The highest BCUT2D eigenvalue weighted by molar-refractivity contribution is 7.47. The van der Waals surface area contributed by atoms with Gasteiger partial charge >= 0.3 is 13.8 Å². The fourth-order valence-corrected chi connectivity index (χ4v) is 8.09. The lowest BCUT2D eigenvalue weighted by Gasteiger charge is -2.24. The molecule has 2 atom stereocenters. The highest BCUT2D eigenvalue weighted by atomic mass is 31.2. The summed E-state index contributed by atoms with van der Waals surface area (Å²) in [5, 5.41) is 0. The molecule has 0 aliphatic carbocycles. The van der Waals surface area contributed by atoms with Gasteiger partial charge in [-0.2, -0.15) is 0 Å². The Balaban J connectivity index is 4.16. The second-order valence-corrected chi connectivity index (χ2v) is 21.0. The van der Waals surface area contributed by atoms with Crippen LogP contribution in [0.2, 0.25) is 0 Å². The molecule has 0 aromatic carbocycles. The van der Waals surface area contributed by atoms with E-state index in [0.29, 0.717) is 24.1 Å². The molecule has 0 radical (unpaired) electrons. The van der Waals surface area contributed by atoms with Crippen LogP contribution >= 0.6 is 7.82 Å². The van der Waals surface area contributed by atoms with Crippen molar-refractivity contribution in [3.63, 3.8) is 0 Å². The minimum Gasteiger partial charge on any atom is -0.457 e. The fourth-order valence-electron chi connectivity index (χ4n) is 7.35. The summed E-state index contributed by atoms with van der Waals surface area (Å²) in [6, 6.07) is 0. The number of rotatable bonds is 51. The molecule has 8 nitrogen and oxygen atoms in total. The summed E-state index contributed by atoms with van der Waals surface area (Å²) < 4.78 is 35.2. The van der Waals surface area contributed by atoms with Gasteiger partial charge in [-0.25, -0.2) is 4.57 Å². The van der Waals surface area contributed by atoms with Gasteiger partial charge in [-0.1, -0.05) is 214 Å². The molecule has 0 bridgehead atoms. The number of ether oxygens (including phenoxy) is 2. The first kappa shape index (κ1) is 66.4. The highest BCUT2D eigenvalue weighted by Gasteiger charge is 2.26. The lowest BCUT2D eigenvalue weighted by molar-refractivity contribution is -0.870. The molecule has 9 heteroatoms. The van der Waals surface area contributed by atoms with Crippen molar-refractivity contribution in [3.8, 4) is 0 Å². The fraction of sp³-hybridized carbons (Fsp3) is 0.717. The number of phosphoric ester groups is 1. The number of quaternary nitrogens is 1. The molecule has 2 unspecified atom stereocenters. The topological polar surface area (TPSA) is 91.3 Å². The van der Waals surface area contributed by atoms with Crippen LogP contribution in [0.15, 0.2) is 97.2 Å². The summed E-state index contributed by atoms with van der Waals surface area (Å²) in [5.74, 6) is -0.324. The number of unbranched alkanes of at least 4 members (excludes halogenated alkanes) is 21. The van der Waals surface area contributed by atoms with Crippen molar-refractivity contribution in [2.24, 2.45) is 0 Å². The molecule has 0 saturated heterocycles. The first-order valence-corrected chi connectivity index (χ1v) is 29.5. The monoisotopic (exact) mass is 985 g/mol. The molecule has 0 fully saturated rings. The smallest absolute Gasteiger partial charge is 0.457 e. The van der Waals surface area contributed by atoms with Crippen molar-refractivity contribution >= 4 is 13.8 Å². The van der Waals surface area contributed by atoms with Crippen LogP contribution in [0.1, 0.15) is 219 Å². The lowest BCUT2D eigenvalue weighted by atomic mass is 10.1. The predicted octanol–water partition coefficient (Wildman–Crippen LogP) is 17.7. The van der Waals surface area contributed by atoms with Crippen LogP contribution in [0, 0.1) is 0 Å². The average molecular weight is 985 g/mol. The van der Waals surface area contributed by atoms with Crippen LogP contribution in [0.3, 0.4) is 0 Å². The number of hydrogen-bond donors (Lipinski definition) is 1. The maximum absolute atomic E-state index is 12.8. The maximum Gasteiger partial charge on any atom is 0.472 e. The quantitative estimate of drug-likeness (QED) is 0.0213. The van der Waals surface area contributed by atoms with E-state index in [1.54, 1.807) is 0 Å². The predicted molar refractivity (Wildman–Crippen MR) is 298 cm³/mol.